The topological polar surface area (TPSA) is 83.6 Å². The molecule has 1 saturated heterocycles. The van der Waals surface area contributed by atoms with Crippen molar-refractivity contribution in [3.05, 3.63) is 34.9 Å². The molecule has 1 aromatic carbocycles. The predicted molar refractivity (Wildman–Crippen MR) is 84.9 cm³/mol. The number of piperidine rings is 1. The molecule has 0 spiro atoms. The highest BCUT2D eigenvalue weighted by Crippen LogP contribution is 2.28. The Bertz CT molecular complexity index is 791. The summed E-state index contributed by atoms with van der Waals surface area (Å²) in [4.78, 5) is 49.3. The van der Waals surface area contributed by atoms with Gasteiger partial charge in [0.25, 0.3) is 11.8 Å². The number of nitrogens with one attached hydrogen (secondary N) is 1. The van der Waals surface area contributed by atoms with E-state index in [1.54, 1.807) is 18.2 Å². The van der Waals surface area contributed by atoms with Crippen molar-refractivity contribution in [3.63, 3.8) is 0 Å². The van der Waals surface area contributed by atoms with Crippen molar-refractivity contribution in [1.82, 2.24) is 10.2 Å². The second kappa shape index (κ2) is 6.28. The lowest BCUT2D eigenvalue weighted by atomic mass is 10.0. The van der Waals surface area contributed by atoms with Crippen LogP contribution in [0.5, 0.6) is 0 Å². The zero-order valence-corrected chi connectivity index (χ0v) is 13.0. The number of rotatable bonds is 4. The number of amides is 4. The molecular weight excluding hydrogens is 308 g/mol. The highest BCUT2D eigenvalue weighted by Gasteiger charge is 2.44. The van der Waals surface area contributed by atoms with E-state index < -0.39 is 23.8 Å². The molecule has 3 rings (SSSR count). The molecule has 1 aromatic rings. The number of carbonyl (C=O) groups excluding carboxylic acids is 4. The van der Waals surface area contributed by atoms with Crippen LogP contribution in [0.3, 0.4) is 0 Å². The van der Waals surface area contributed by atoms with E-state index in [1.165, 1.54) is 0 Å². The van der Waals surface area contributed by atoms with Crippen molar-refractivity contribution in [1.29, 1.82) is 0 Å². The molecule has 1 fully saturated rings. The van der Waals surface area contributed by atoms with Crippen molar-refractivity contribution >= 4 is 23.6 Å². The SMILES string of the molecule is C#CCCCc1ccc2c(c1)C(=O)N(C1CCC(=O)NC1=O)C2=O. The third-order valence-corrected chi connectivity index (χ3v) is 4.29. The lowest BCUT2D eigenvalue weighted by Crippen LogP contribution is -2.54. The van der Waals surface area contributed by atoms with Crippen LogP contribution in [-0.2, 0) is 16.0 Å². The minimum atomic E-state index is -0.931. The van der Waals surface area contributed by atoms with Crippen LogP contribution in [0.1, 0.15) is 52.0 Å². The third kappa shape index (κ3) is 2.69. The molecule has 6 heteroatoms. The average molecular weight is 324 g/mol. The Morgan fingerprint density at radius 2 is 1.92 bits per heavy atom. The second-order valence-corrected chi connectivity index (χ2v) is 5.88. The van der Waals surface area contributed by atoms with Crippen LogP contribution in [0.4, 0.5) is 0 Å². The fraction of sp³-hybridized carbons (Fsp3) is 0.333. The summed E-state index contributed by atoms with van der Waals surface area (Å²) in [7, 11) is 0. The molecule has 24 heavy (non-hydrogen) atoms. The van der Waals surface area contributed by atoms with Gasteiger partial charge in [-0.05, 0) is 37.0 Å². The van der Waals surface area contributed by atoms with Crippen LogP contribution in [0.25, 0.3) is 0 Å². The Morgan fingerprint density at radius 3 is 2.62 bits per heavy atom. The molecule has 0 radical (unpaired) electrons. The number of fused-ring (bicyclic) bond motifs is 1. The number of unbranched alkanes of at least 4 members (excludes halogenated alkanes) is 1. The number of hydrogen-bond acceptors (Lipinski definition) is 4. The minimum Gasteiger partial charge on any atom is -0.295 e. The molecule has 4 amide bonds. The van der Waals surface area contributed by atoms with Gasteiger partial charge in [0, 0.05) is 12.8 Å². The Labute approximate surface area is 139 Å². The largest absolute Gasteiger partial charge is 0.295 e. The highest BCUT2D eigenvalue weighted by atomic mass is 16.2. The molecule has 0 aliphatic carbocycles. The number of benzene rings is 1. The third-order valence-electron chi connectivity index (χ3n) is 4.29. The van der Waals surface area contributed by atoms with Crippen molar-refractivity contribution < 1.29 is 19.2 Å². The second-order valence-electron chi connectivity index (χ2n) is 5.88. The van der Waals surface area contributed by atoms with Gasteiger partial charge in [-0.1, -0.05) is 6.07 Å². The van der Waals surface area contributed by atoms with Gasteiger partial charge in [-0.2, -0.15) is 0 Å². The Kier molecular flexibility index (Phi) is 4.17. The number of aryl methyl sites for hydroxylation is 1. The van der Waals surface area contributed by atoms with Gasteiger partial charge in [-0.3, -0.25) is 29.4 Å². The lowest BCUT2D eigenvalue weighted by Gasteiger charge is -2.27. The van der Waals surface area contributed by atoms with Crippen LogP contribution in [-0.4, -0.2) is 34.6 Å². The average Bonchev–Trinajstić information content (AvgIpc) is 2.80. The first-order chi connectivity index (χ1) is 11.5. The molecule has 1 atom stereocenters. The first-order valence-corrected chi connectivity index (χ1v) is 7.81. The number of carbonyl (C=O) groups is 4. The Balaban J connectivity index is 1.84. The van der Waals surface area contributed by atoms with Crippen LogP contribution in [0, 0.1) is 12.3 Å². The Morgan fingerprint density at radius 1 is 1.17 bits per heavy atom. The molecule has 122 valence electrons. The van der Waals surface area contributed by atoms with Crippen LogP contribution in [0.2, 0.25) is 0 Å². The van der Waals surface area contributed by atoms with E-state index in [0.717, 1.165) is 23.3 Å². The molecule has 6 nitrogen and oxygen atoms in total. The van der Waals surface area contributed by atoms with Crippen molar-refractivity contribution in [3.8, 4) is 12.3 Å². The smallest absolute Gasteiger partial charge is 0.262 e. The van der Waals surface area contributed by atoms with Gasteiger partial charge in [0.2, 0.25) is 11.8 Å². The summed E-state index contributed by atoms with van der Waals surface area (Å²) < 4.78 is 0. The maximum Gasteiger partial charge on any atom is 0.262 e. The molecule has 1 unspecified atom stereocenters. The maximum atomic E-state index is 12.6. The summed E-state index contributed by atoms with van der Waals surface area (Å²) in [5.74, 6) is 0.607. The fourth-order valence-corrected chi connectivity index (χ4v) is 3.07. The summed E-state index contributed by atoms with van der Waals surface area (Å²) >= 11 is 0. The van der Waals surface area contributed by atoms with Crippen molar-refractivity contribution in [2.75, 3.05) is 0 Å². The van der Waals surface area contributed by atoms with Crippen molar-refractivity contribution in [2.24, 2.45) is 0 Å². The molecular formula is C18H16N2O4. The number of imide groups is 2. The van der Waals surface area contributed by atoms with Gasteiger partial charge >= 0.3 is 0 Å². The zero-order chi connectivity index (χ0) is 17.3. The van der Waals surface area contributed by atoms with Crippen LogP contribution < -0.4 is 5.32 Å². The Hall–Kier alpha value is -2.94. The molecule has 1 N–H and O–H groups in total. The predicted octanol–water partition coefficient (Wildman–Crippen LogP) is 1.04. The van der Waals surface area contributed by atoms with E-state index in [2.05, 4.69) is 11.2 Å². The van der Waals surface area contributed by atoms with E-state index in [9.17, 15) is 19.2 Å². The van der Waals surface area contributed by atoms with Gasteiger partial charge in [0.15, 0.2) is 0 Å². The summed E-state index contributed by atoms with van der Waals surface area (Å²) in [5.41, 5.74) is 1.53. The lowest BCUT2D eigenvalue weighted by molar-refractivity contribution is -0.136. The van der Waals surface area contributed by atoms with Crippen LogP contribution >= 0.6 is 0 Å². The van der Waals surface area contributed by atoms with E-state index in [4.69, 9.17) is 6.42 Å². The summed E-state index contributed by atoms with van der Waals surface area (Å²) in [6.45, 7) is 0. The van der Waals surface area contributed by atoms with Gasteiger partial charge in [-0.25, -0.2) is 0 Å². The van der Waals surface area contributed by atoms with E-state index in [1.807, 2.05) is 0 Å². The first-order valence-electron chi connectivity index (χ1n) is 7.81. The van der Waals surface area contributed by atoms with Gasteiger partial charge in [0.05, 0.1) is 11.1 Å². The summed E-state index contributed by atoms with van der Waals surface area (Å²) in [6.07, 6.45) is 7.66. The molecule has 0 bridgehead atoms. The standard InChI is InChI=1S/C18H16N2O4/c1-2-3-4-5-11-6-7-12-13(10-11)18(24)20(17(12)23)14-8-9-15(21)19-16(14)22/h1,6-7,10,14H,3-5,8-9H2,(H,19,21,22). The van der Waals surface area contributed by atoms with Gasteiger partial charge in [-0.15, -0.1) is 12.3 Å². The monoisotopic (exact) mass is 324 g/mol. The summed E-state index contributed by atoms with van der Waals surface area (Å²) in [5, 5.41) is 2.18. The van der Waals surface area contributed by atoms with Gasteiger partial charge < -0.3 is 0 Å². The normalized spacial score (nSPS) is 20.0. The van der Waals surface area contributed by atoms with Crippen molar-refractivity contribution in [2.45, 2.75) is 38.1 Å². The van der Waals surface area contributed by atoms with Crippen LogP contribution in [0.15, 0.2) is 18.2 Å². The van der Waals surface area contributed by atoms with E-state index in [-0.39, 0.29) is 18.7 Å². The molecule has 2 aliphatic rings. The minimum absolute atomic E-state index is 0.112. The molecule has 0 saturated carbocycles. The number of terminal acetylenes is 1. The number of hydrogen-bond donors (Lipinski definition) is 1. The summed E-state index contributed by atoms with van der Waals surface area (Å²) in [6, 6.07) is 4.18. The quantitative estimate of drug-likeness (QED) is 0.510. The fourth-order valence-electron chi connectivity index (χ4n) is 3.07. The molecule has 2 heterocycles. The number of nitrogens with zero attached hydrogens (tertiary/aromatic N) is 1. The highest BCUT2D eigenvalue weighted by molar-refractivity contribution is 6.23. The first kappa shape index (κ1) is 15.9. The zero-order valence-electron chi connectivity index (χ0n) is 13.0. The maximum absolute atomic E-state index is 12.6. The van der Waals surface area contributed by atoms with E-state index >= 15 is 0 Å². The molecule has 0 aromatic heterocycles. The van der Waals surface area contributed by atoms with E-state index in [0.29, 0.717) is 17.5 Å². The van der Waals surface area contributed by atoms with Gasteiger partial charge in [0.1, 0.15) is 6.04 Å². The molecule has 2 aliphatic heterocycles.